The molecule has 0 aromatic heterocycles. The number of anilines is 1. The number of carboxylic acids is 1. The molecule has 1 aliphatic rings. The zero-order valence-electron chi connectivity index (χ0n) is 9.28. The molecule has 0 saturated heterocycles. The molecule has 0 atom stereocenters. The molecule has 1 aliphatic carbocycles. The third-order valence-corrected chi connectivity index (χ3v) is 2.96. The van der Waals surface area contributed by atoms with Crippen LogP contribution in [0.1, 0.15) is 36.0 Å². The Morgan fingerprint density at radius 2 is 2.06 bits per heavy atom. The Morgan fingerprint density at radius 1 is 1.41 bits per heavy atom. The third kappa shape index (κ3) is 2.33. The van der Waals surface area contributed by atoms with Crippen molar-refractivity contribution in [2.24, 2.45) is 0 Å². The lowest BCUT2D eigenvalue weighted by Gasteiger charge is -2.16. The monoisotopic (exact) mass is 239 g/mol. The summed E-state index contributed by atoms with van der Waals surface area (Å²) in [6, 6.07) is 2.46. The van der Waals surface area contributed by atoms with Gasteiger partial charge in [0.15, 0.2) is 0 Å². The van der Waals surface area contributed by atoms with E-state index in [1.54, 1.807) is 0 Å². The summed E-state index contributed by atoms with van der Waals surface area (Å²) >= 11 is 0. The van der Waals surface area contributed by atoms with Crippen molar-refractivity contribution in [1.29, 1.82) is 0 Å². The number of carboxylic acid groups (broad SMARTS) is 1. The summed E-state index contributed by atoms with van der Waals surface area (Å²) in [4.78, 5) is 11.0. The number of halogens is 1. The van der Waals surface area contributed by atoms with Gasteiger partial charge in [0, 0.05) is 0 Å². The molecule has 1 aromatic rings. The second-order valence-corrected chi connectivity index (χ2v) is 4.16. The molecule has 0 radical (unpaired) electrons. The van der Waals surface area contributed by atoms with E-state index in [0.717, 1.165) is 31.7 Å². The molecule has 0 amide bonds. The molecular formula is C12H14FNO3. The minimum atomic E-state index is -1.27. The SMILES string of the molecule is Nc1c(F)ccc(OC2CCCC2)c1C(=O)O. The number of hydrogen-bond donors (Lipinski definition) is 2. The minimum Gasteiger partial charge on any atom is -0.489 e. The van der Waals surface area contributed by atoms with Crippen LogP contribution in [-0.4, -0.2) is 17.2 Å². The number of rotatable bonds is 3. The maximum atomic E-state index is 13.2. The average Bonchev–Trinajstić information content (AvgIpc) is 2.76. The van der Waals surface area contributed by atoms with Gasteiger partial charge in [-0.15, -0.1) is 0 Å². The Morgan fingerprint density at radius 3 is 2.65 bits per heavy atom. The number of hydrogen-bond acceptors (Lipinski definition) is 3. The Labute approximate surface area is 98.2 Å². The van der Waals surface area contributed by atoms with Crippen molar-refractivity contribution in [3.8, 4) is 5.75 Å². The van der Waals surface area contributed by atoms with Gasteiger partial charge < -0.3 is 15.6 Å². The van der Waals surface area contributed by atoms with E-state index in [4.69, 9.17) is 15.6 Å². The number of benzene rings is 1. The summed E-state index contributed by atoms with van der Waals surface area (Å²) in [5, 5.41) is 9.02. The first-order valence-corrected chi connectivity index (χ1v) is 5.57. The van der Waals surface area contributed by atoms with Gasteiger partial charge in [0.05, 0.1) is 11.8 Å². The summed E-state index contributed by atoms with van der Waals surface area (Å²) in [6.45, 7) is 0. The molecule has 1 aromatic carbocycles. The van der Waals surface area contributed by atoms with Crippen LogP contribution >= 0.6 is 0 Å². The van der Waals surface area contributed by atoms with Gasteiger partial charge in [-0.1, -0.05) is 0 Å². The smallest absolute Gasteiger partial charge is 0.341 e. The van der Waals surface area contributed by atoms with E-state index >= 15 is 0 Å². The van der Waals surface area contributed by atoms with E-state index in [9.17, 15) is 9.18 Å². The van der Waals surface area contributed by atoms with Gasteiger partial charge in [-0.05, 0) is 37.8 Å². The van der Waals surface area contributed by atoms with E-state index in [2.05, 4.69) is 0 Å². The second kappa shape index (κ2) is 4.61. The summed E-state index contributed by atoms with van der Waals surface area (Å²) in [5.41, 5.74) is 4.77. The molecule has 2 rings (SSSR count). The van der Waals surface area contributed by atoms with Gasteiger partial charge in [-0.2, -0.15) is 0 Å². The van der Waals surface area contributed by atoms with Crippen molar-refractivity contribution in [3.63, 3.8) is 0 Å². The Balaban J connectivity index is 2.32. The van der Waals surface area contributed by atoms with Crippen LogP contribution in [0.2, 0.25) is 0 Å². The van der Waals surface area contributed by atoms with E-state index in [1.165, 1.54) is 6.07 Å². The Hall–Kier alpha value is -1.78. The zero-order valence-corrected chi connectivity index (χ0v) is 9.28. The van der Waals surface area contributed by atoms with Crippen LogP contribution < -0.4 is 10.5 Å². The molecule has 17 heavy (non-hydrogen) atoms. The van der Waals surface area contributed by atoms with E-state index in [-0.39, 0.29) is 23.1 Å². The lowest BCUT2D eigenvalue weighted by atomic mass is 10.1. The highest BCUT2D eigenvalue weighted by Gasteiger charge is 2.23. The van der Waals surface area contributed by atoms with Crippen LogP contribution in [0.4, 0.5) is 10.1 Å². The molecule has 5 heteroatoms. The van der Waals surface area contributed by atoms with E-state index in [0.29, 0.717) is 0 Å². The van der Waals surface area contributed by atoms with Gasteiger partial charge in [0.2, 0.25) is 0 Å². The van der Waals surface area contributed by atoms with Crippen molar-refractivity contribution < 1.29 is 19.0 Å². The van der Waals surface area contributed by atoms with Crippen LogP contribution in [0.3, 0.4) is 0 Å². The number of ether oxygens (including phenoxy) is 1. The lowest BCUT2D eigenvalue weighted by Crippen LogP contribution is -2.15. The average molecular weight is 239 g/mol. The van der Waals surface area contributed by atoms with E-state index < -0.39 is 11.8 Å². The predicted octanol–water partition coefficient (Wildman–Crippen LogP) is 2.43. The predicted molar refractivity (Wildman–Crippen MR) is 60.7 cm³/mol. The molecule has 1 saturated carbocycles. The highest BCUT2D eigenvalue weighted by atomic mass is 19.1. The standard InChI is InChI=1S/C12H14FNO3/c13-8-5-6-9(10(11(8)14)12(15)16)17-7-3-1-2-4-7/h5-7H,1-4,14H2,(H,15,16). The fraction of sp³-hybridized carbons (Fsp3) is 0.417. The van der Waals surface area contributed by atoms with Crippen molar-refractivity contribution >= 4 is 11.7 Å². The Bertz CT molecular complexity index is 442. The highest BCUT2D eigenvalue weighted by molar-refractivity contribution is 5.96. The van der Waals surface area contributed by atoms with Crippen molar-refractivity contribution in [2.75, 3.05) is 5.73 Å². The van der Waals surface area contributed by atoms with Gasteiger partial charge >= 0.3 is 5.97 Å². The molecule has 92 valence electrons. The summed E-state index contributed by atoms with van der Waals surface area (Å²) in [7, 11) is 0. The third-order valence-electron chi connectivity index (χ3n) is 2.96. The summed E-state index contributed by atoms with van der Waals surface area (Å²) < 4.78 is 18.8. The molecule has 4 nitrogen and oxygen atoms in total. The lowest BCUT2D eigenvalue weighted by molar-refractivity contribution is 0.0690. The fourth-order valence-corrected chi connectivity index (χ4v) is 2.08. The zero-order chi connectivity index (χ0) is 12.4. The van der Waals surface area contributed by atoms with Gasteiger partial charge in [-0.3, -0.25) is 0 Å². The number of aromatic carboxylic acids is 1. The van der Waals surface area contributed by atoms with Gasteiger partial charge in [-0.25, -0.2) is 9.18 Å². The number of carbonyl (C=O) groups is 1. The van der Waals surface area contributed by atoms with Crippen molar-refractivity contribution in [2.45, 2.75) is 31.8 Å². The second-order valence-electron chi connectivity index (χ2n) is 4.16. The maximum absolute atomic E-state index is 13.2. The van der Waals surface area contributed by atoms with Crippen LogP contribution in [-0.2, 0) is 0 Å². The first kappa shape index (κ1) is 11.7. The molecule has 0 aliphatic heterocycles. The van der Waals surface area contributed by atoms with Crippen LogP contribution in [0.15, 0.2) is 12.1 Å². The molecule has 0 unspecified atom stereocenters. The normalized spacial score (nSPS) is 16.1. The molecule has 3 N–H and O–H groups in total. The topological polar surface area (TPSA) is 72.5 Å². The first-order valence-electron chi connectivity index (χ1n) is 5.57. The van der Waals surface area contributed by atoms with Crippen LogP contribution in [0.5, 0.6) is 5.75 Å². The van der Waals surface area contributed by atoms with Gasteiger partial charge in [0.1, 0.15) is 17.1 Å². The molecule has 0 bridgehead atoms. The molecular weight excluding hydrogens is 225 g/mol. The summed E-state index contributed by atoms with van der Waals surface area (Å²) in [5.74, 6) is -1.85. The fourth-order valence-electron chi connectivity index (χ4n) is 2.08. The quantitative estimate of drug-likeness (QED) is 0.794. The maximum Gasteiger partial charge on any atom is 0.341 e. The van der Waals surface area contributed by atoms with Gasteiger partial charge in [0.25, 0.3) is 0 Å². The minimum absolute atomic E-state index is 0.0120. The van der Waals surface area contributed by atoms with Crippen LogP contribution in [0.25, 0.3) is 0 Å². The number of nitrogen functional groups attached to an aromatic ring is 1. The highest BCUT2D eigenvalue weighted by Crippen LogP contribution is 2.31. The number of nitrogens with two attached hydrogens (primary N) is 1. The first-order chi connectivity index (χ1) is 8.09. The summed E-state index contributed by atoms with van der Waals surface area (Å²) in [6.07, 6.45) is 3.96. The van der Waals surface area contributed by atoms with Crippen molar-refractivity contribution in [3.05, 3.63) is 23.5 Å². The molecule has 1 fully saturated rings. The van der Waals surface area contributed by atoms with Crippen molar-refractivity contribution in [1.82, 2.24) is 0 Å². The van der Waals surface area contributed by atoms with E-state index in [1.807, 2.05) is 0 Å². The van der Waals surface area contributed by atoms with Crippen LogP contribution in [0, 0.1) is 5.82 Å². The molecule has 0 spiro atoms. The largest absolute Gasteiger partial charge is 0.489 e. The molecule has 0 heterocycles. The Kier molecular flexibility index (Phi) is 3.17.